The van der Waals surface area contributed by atoms with Crippen LogP contribution in [0.3, 0.4) is 0 Å². The van der Waals surface area contributed by atoms with Gasteiger partial charge in [0, 0.05) is 0 Å². The molecule has 94 valence electrons. The molecule has 5 N–H and O–H groups in total. The average Bonchev–Trinajstić information content (AvgIpc) is 2.35. The van der Waals surface area contributed by atoms with E-state index in [4.69, 9.17) is 16.2 Å². The summed E-state index contributed by atoms with van der Waals surface area (Å²) in [5.41, 5.74) is 12.1. The molecule has 0 unspecified atom stereocenters. The topological polar surface area (TPSA) is 107 Å². The summed E-state index contributed by atoms with van der Waals surface area (Å²) in [5.74, 6) is 0.995. The highest BCUT2D eigenvalue weighted by Crippen LogP contribution is 2.30. The molecule has 2 aromatic rings. The van der Waals surface area contributed by atoms with Gasteiger partial charge in [0.05, 0.1) is 12.7 Å². The van der Waals surface area contributed by atoms with Crippen molar-refractivity contribution in [2.24, 2.45) is 0 Å². The van der Waals surface area contributed by atoms with Gasteiger partial charge in [-0.05, 0) is 18.6 Å². The van der Waals surface area contributed by atoms with Crippen molar-refractivity contribution < 1.29 is 4.74 Å². The minimum Gasteiger partial charge on any atom is -0.496 e. The number of para-hydroxylation sites is 1. The zero-order chi connectivity index (χ0) is 13.3. The number of methoxy groups -OCH3 is 1. The Bertz CT molecular complexity index is 649. The quantitative estimate of drug-likeness (QED) is 0.730. The summed E-state index contributed by atoms with van der Waals surface area (Å²) >= 11 is 0. The monoisotopic (exact) mass is 246 g/mol. The van der Waals surface area contributed by atoms with E-state index in [0.29, 0.717) is 17.1 Å². The number of rotatable bonds is 2. The van der Waals surface area contributed by atoms with E-state index in [9.17, 15) is 4.79 Å². The number of nitrogens with two attached hydrogens (primary N) is 2. The van der Waals surface area contributed by atoms with Gasteiger partial charge in [-0.1, -0.05) is 12.1 Å². The lowest BCUT2D eigenvalue weighted by molar-refractivity contribution is 0.413. The van der Waals surface area contributed by atoms with E-state index in [0.717, 1.165) is 5.56 Å². The lowest BCUT2D eigenvalue weighted by Crippen LogP contribution is -2.17. The highest BCUT2D eigenvalue weighted by Gasteiger charge is 2.12. The van der Waals surface area contributed by atoms with E-state index in [2.05, 4.69) is 9.97 Å². The summed E-state index contributed by atoms with van der Waals surface area (Å²) in [5, 5.41) is 0. The normalized spacial score (nSPS) is 10.3. The molecular weight excluding hydrogens is 232 g/mol. The zero-order valence-corrected chi connectivity index (χ0v) is 10.2. The number of nitrogens with zero attached hydrogens (tertiary/aromatic N) is 1. The highest BCUT2D eigenvalue weighted by atomic mass is 16.5. The van der Waals surface area contributed by atoms with Crippen molar-refractivity contribution >= 4 is 11.5 Å². The molecule has 0 fully saturated rings. The van der Waals surface area contributed by atoms with Crippen molar-refractivity contribution in [1.29, 1.82) is 0 Å². The number of aromatic nitrogens is 2. The van der Waals surface area contributed by atoms with Crippen LogP contribution in [-0.2, 0) is 0 Å². The van der Waals surface area contributed by atoms with Crippen LogP contribution in [0, 0.1) is 6.92 Å². The molecule has 2 rings (SSSR count). The Kier molecular flexibility index (Phi) is 2.93. The van der Waals surface area contributed by atoms with E-state index in [1.807, 2.05) is 19.1 Å². The summed E-state index contributed by atoms with van der Waals surface area (Å²) in [7, 11) is 1.56. The van der Waals surface area contributed by atoms with Crippen LogP contribution in [0.15, 0.2) is 23.0 Å². The Morgan fingerprint density at radius 1 is 1.33 bits per heavy atom. The predicted octanol–water partition coefficient (Wildman–Crippen LogP) is 0.918. The highest BCUT2D eigenvalue weighted by molar-refractivity contribution is 5.69. The third-order valence-corrected chi connectivity index (χ3v) is 2.66. The smallest absolute Gasteiger partial charge is 0.276 e. The molecule has 0 radical (unpaired) electrons. The number of hydrogen-bond donors (Lipinski definition) is 3. The number of ether oxygens (including phenoxy) is 1. The van der Waals surface area contributed by atoms with Gasteiger partial charge in [-0.15, -0.1) is 0 Å². The zero-order valence-electron chi connectivity index (χ0n) is 10.2. The maximum absolute atomic E-state index is 11.6. The fourth-order valence-corrected chi connectivity index (χ4v) is 1.74. The van der Waals surface area contributed by atoms with Crippen LogP contribution < -0.4 is 21.8 Å². The Balaban J connectivity index is 2.70. The number of aromatic amines is 1. The second-order valence-electron chi connectivity index (χ2n) is 3.87. The third kappa shape index (κ3) is 1.88. The van der Waals surface area contributed by atoms with Crippen LogP contribution in [0.4, 0.5) is 11.5 Å². The molecule has 0 atom stereocenters. The Morgan fingerprint density at radius 3 is 2.67 bits per heavy atom. The molecule has 1 heterocycles. The molecule has 0 aliphatic heterocycles. The molecule has 0 aliphatic carbocycles. The van der Waals surface area contributed by atoms with Crippen LogP contribution in [0.25, 0.3) is 11.4 Å². The number of benzene rings is 1. The van der Waals surface area contributed by atoms with Gasteiger partial charge in [0.1, 0.15) is 17.3 Å². The first-order chi connectivity index (χ1) is 8.54. The number of H-pyrrole nitrogens is 1. The minimum absolute atomic E-state index is 0.0114. The first kappa shape index (κ1) is 12.0. The molecule has 18 heavy (non-hydrogen) atoms. The van der Waals surface area contributed by atoms with Crippen molar-refractivity contribution in [1.82, 2.24) is 9.97 Å². The van der Waals surface area contributed by atoms with E-state index in [1.54, 1.807) is 13.2 Å². The van der Waals surface area contributed by atoms with Crippen LogP contribution in [0.2, 0.25) is 0 Å². The number of hydrogen-bond acceptors (Lipinski definition) is 5. The SMILES string of the molecule is COc1c(C)cccc1-c1nc(N)c(N)c(=O)[nH]1. The summed E-state index contributed by atoms with van der Waals surface area (Å²) < 4.78 is 5.31. The van der Waals surface area contributed by atoms with Crippen LogP contribution in [-0.4, -0.2) is 17.1 Å². The molecule has 0 saturated heterocycles. The van der Waals surface area contributed by atoms with Crippen molar-refractivity contribution in [2.75, 3.05) is 18.6 Å². The van der Waals surface area contributed by atoms with Gasteiger partial charge in [0.15, 0.2) is 5.82 Å². The van der Waals surface area contributed by atoms with Crippen LogP contribution in [0.1, 0.15) is 5.56 Å². The number of aryl methyl sites for hydroxylation is 1. The molecule has 0 spiro atoms. The van der Waals surface area contributed by atoms with Crippen molar-refractivity contribution in [2.45, 2.75) is 6.92 Å². The van der Waals surface area contributed by atoms with E-state index < -0.39 is 5.56 Å². The van der Waals surface area contributed by atoms with Crippen molar-refractivity contribution in [3.8, 4) is 17.1 Å². The van der Waals surface area contributed by atoms with Crippen molar-refractivity contribution in [3.05, 3.63) is 34.1 Å². The lowest BCUT2D eigenvalue weighted by atomic mass is 10.1. The fraction of sp³-hybridized carbons (Fsp3) is 0.167. The molecular formula is C12H14N4O2. The standard InChI is InChI=1S/C12H14N4O2/c1-6-4-3-5-7(9(6)18-2)11-15-10(14)8(13)12(17)16-11/h3-5H,13H2,1-2H3,(H3,14,15,16,17). The maximum Gasteiger partial charge on any atom is 0.276 e. The second kappa shape index (κ2) is 4.40. The van der Waals surface area contributed by atoms with Gasteiger partial charge in [0.2, 0.25) is 0 Å². The Hall–Kier alpha value is -2.50. The van der Waals surface area contributed by atoms with Crippen molar-refractivity contribution in [3.63, 3.8) is 0 Å². The largest absolute Gasteiger partial charge is 0.496 e. The third-order valence-electron chi connectivity index (χ3n) is 2.66. The summed E-state index contributed by atoms with van der Waals surface area (Å²) in [6, 6.07) is 5.54. The first-order valence-corrected chi connectivity index (χ1v) is 5.34. The molecule has 1 aromatic carbocycles. The lowest BCUT2D eigenvalue weighted by Gasteiger charge is -2.11. The molecule has 0 saturated carbocycles. The van der Waals surface area contributed by atoms with Crippen LogP contribution in [0.5, 0.6) is 5.75 Å². The minimum atomic E-state index is -0.457. The molecule has 1 aromatic heterocycles. The Labute approximate surface area is 104 Å². The van der Waals surface area contributed by atoms with E-state index >= 15 is 0 Å². The molecule has 0 bridgehead atoms. The number of nitrogen functional groups attached to an aromatic ring is 2. The summed E-state index contributed by atoms with van der Waals surface area (Å²) in [4.78, 5) is 18.2. The van der Waals surface area contributed by atoms with Gasteiger partial charge < -0.3 is 21.2 Å². The van der Waals surface area contributed by atoms with E-state index in [-0.39, 0.29) is 11.5 Å². The maximum atomic E-state index is 11.6. The van der Waals surface area contributed by atoms with Crippen LogP contribution >= 0.6 is 0 Å². The van der Waals surface area contributed by atoms with Gasteiger partial charge >= 0.3 is 0 Å². The van der Waals surface area contributed by atoms with Gasteiger partial charge in [0.25, 0.3) is 5.56 Å². The molecule has 6 heteroatoms. The fourth-order valence-electron chi connectivity index (χ4n) is 1.74. The first-order valence-electron chi connectivity index (χ1n) is 5.34. The predicted molar refractivity (Wildman–Crippen MR) is 70.4 cm³/mol. The number of nitrogens with one attached hydrogen (secondary N) is 1. The van der Waals surface area contributed by atoms with Gasteiger partial charge in [-0.3, -0.25) is 4.79 Å². The molecule has 0 aliphatic rings. The second-order valence-corrected chi connectivity index (χ2v) is 3.87. The molecule has 0 amide bonds. The molecule has 6 nitrogen and oxygen atoms in total. The van der Waals surface area contributed by atoms with E-state index in [1.165, 1.54) is 0 Å². The summed E-state index contributed by atoms with van der Waals surface area (Å²) in [6.45, 7) is 1.90. The number of anilines is 2. The summed E-state index contributed by atoms with van der Waals surface area (Å²) in [6.07, 6.45) is 0. The Morgan fingerprint density at radius 2 is 2.06 bits per heavy atom. The van der Waals surface area contributed by atoms with Gasteiger partial charge in [-0.2, -0.15) is 0 Å². The van der Waals surface area contributed by atoms with Gasteiger partial charge in [-0.25, -0.2) is 4.98 Å². The average molecular weight is 246 g/mol.